The molecule has 1 aromatic heterocycles. The maximum atomic E-state index is 10.0. The molecule has 1 saturated heterocycles. The SMILES string of the molecule is CCC(O)N1CCN(c2cc(C(C)(C)C)nc(C3CCC3)n2)CC1. The summed E-state index contributed by atoms with van der Waals surface area (Å²) in [5, 5.41) is 10.0. The average molecular weight is 332 g/mol. The molecule has 1 aromatic rings. The smallest absolute Gasteiger partial charge is 0.134 e. The summed E-state index contributed by atoms with van der Waals surface area (Å²) in [6.45, 7) is 12.3. The van der Waals surface area contributed by atoms with Crippen molar-refractivity contribution in [2.45, 2.75) is 70.9 Å². The number of piperazine rings is 1. The predicted molar refractivity (Wildman–Crippen MR) is 97.4 cm³/mol. The Balaban J connectivity index is 1.80. The summed E-state index contributed by atoms with van der Waals surface area (Å²) in [6.07, 6.45) is 4.23. The van der Waals surface area contributed by atoms with Crippen molar-refractivity contribution in [3.05, 3.63) is 17.6 Å². The molecule has 0 radical (unpaired) electrons. The summed E-state index contributed by atoms with van der Waals surface area (Å²) in [5.74, 6) is 2.66. The van der Waals surface area contributed by atoms with E-state index in [1.165, 1.54) is 19.3 Å². The first-order valence-electron chi connectivity index (χ1n) is 9.45. The Morgan fingerprint density at radius 1 is 1.17 bits per heavy atom. The van der Waals surface area contributed by atoms with E-state index in [1.807, 2.05) is 6.92 Å². The Kier molecular flexibility index (Phi) is 5.11. The molecule has 134 valence electrons. The first kappa shape index (κ1) is 17.6. The number of hydrogen-bond donors (Lipinski definition) is 1. The summed E-state index contributed by atoms with van der Waals surface area (Å²) in [4.78, 5) is 14.3. The zero-order chi connectivity index (χ0) is 17.3. The van der Waals surface area contributed by atoms with Gasteiger partial charge in [0, 0.05) is 43.6 Å². The Labute approximate surface area is 146 Å². The van der Waals surface area contributed by atoms with Gasteiger partial charge in [0.25, 0.3) is 0 Å². The summed E-state index contributed by atoms with van der Waals surface area (Å²) in [6, 6.07) is 2.17. The van der Waals surface area contributed by atoms with Crippen LogP contribution in [0.3, 0.4) is 0 Å². The highest BCUT2D eigenvalue weighted by Gasteiger charge is 2.28. The Bertz CT molecular complexity index is 557. The van der Waals surface area contributed by atoms with Crippen LogP contribution in [0.25, 0.3) is 0 Å². The number of nitrogens with zero attached hydrogens (tertiary/aromatic N) is 4. The number of aliphatic hydroxyl groups excluding tert-OH is 1. The van der Waals surface area contributed by atoms with Gasteiger partial charge in [-0.1, -0.05) is 34.1 Å². The number of aliphatic hydroxyl groups is 1. The van der Waals surface area contributed by atoms with E-state index >= 15 is 0 Å². The first-order valence-corrected chi connectivity index (χ1v) is 9.45. The zero-order valence-corrected chi connectivity index (χ0v) is 15.6. The van der Waals surface area contributed by atoms with Crippen molar-refractivity contribution in [1.29, 1.82) is 0 Å². The molecule has 3 rings (SSSR count). The fraction of sp³-hybridized carbons (Fsp3) is 0.789. The number of hydrogen-bond acceptors (Lipinski definition) is 5. The molecule has 2 aliphatic rings. The van der Waals surface area contributed by atoms with E-state index in [9.17, 15) is 5.11 Å². The topological polar surface area (TPSA) is 52.5 Å². The van der Waals surface area contributed by atoms with Gasteiger partial charge in [0.1, 0.15) is 17.9 Å². The van der Waals surface area contributed by atoms with Gasteiger partial charge in [0.15, 0.2) is 0 Å². The van der Waals surface area contributed by atoms with E-state index in [0.717, 1.165) is 49.9 Å². The second-order valence-corrected chi connectivity index (χ2v) is 8.26. The average Bonchev–Trinajstić information content (AvgIpc) is 2.51. The lowest BCUT2D eigenvalue weighted by Gasteiger charge is -2.38. The number of rotatable bonds is 4. The van der Waals surface area contributed by atoms with Crippen LogP contribution in [-0.4, -0.2) is 52.4 Å². The maximum absolute atomic E-state index is 10.0. The van der Waals surface area contributed by atoms with Crippen molar-refractivity contribution in [3.8, 4) is 0 Å². The highest BCUT2D eigenvalue weighted by atomic mass is 16.3. The molecule has 0 aromatic carbocycles. The van der Waals surface area contributed by atoms with Gasteiger partial charge in [0.2, 0.25) is 0 Å². The third kappa shape index (κ3) is 3.72. The highest BCUT2D eigenvalue weighted by molar-refractivity contribution is 5.42. The third-order valence-corrected chi connectivity index (χ3v) is 5.39. The molecule has 0 bridgehead atoms. The first-order chi connectivity index (χ1) is 11.4. The van der Waals surface area contributed by atoms with E-state index in [-0.39, 0.29) is 11.6 Å². The minimum absolute atomic E-state index is 0.0381. The maximum Gasteiger partial charge on any atom is 0.134 e. The van der Waals surface area contributed by atoms with Crippen molar-refractivity contribution >= 4 is 5.82 Å². The monoisotopic (exact) mass is 332 g/mol. The van der Waals surface area contributed by atoms with Gasteiger partial charge in [-0.25, -0.2) is 9.97 Å². The van der Waals surface area contributed by atoms with Crippen LogP contribution in [0.5, 0.6) is 0 Å². The Morgan fingerprint density at radius 3 is 2.33 bits per heavy atom. The van der Waals surface area contributed by atoms with Crippen LogP contribution in [0.15, 0.2) is 6.07 Å². The summed E-state index contributed by atoms with van der Waals surface area (Å²) < 4.78 is 0. The van der Waals surface area contributed by atoms with Crippen LogP contribution in [0.1, 0.15) is 70.8 Å². The quantitative estimate of drug-likeness (QED) is 0.919. The molecular weight excluding hydrogens is 300 g/mol. The molecule has 2 heterocycles. The molecule has 1 saturated carbocycles. The molecule has 1 aliphatic heterocycles. The molecule has 2 fully saturated rings. The summed E-state index contributed by atoms with van der Waals surface area (Å²) in [7, 11) is 0. The predicted octanol–water partition coefficient (Wildman–Crippen LogP) is 2.89. The molecule has 1 atom stereocenters. The van der Waals surface area contributed by atoms with E-state index < -0.39 is 0 Å². The van der Waals surface area contributed by atoms with Crippen LogP contribution in [-0.2, 0) is 5.41 Å². The molecule has 1 unspecified atom stereocenters. The van der Waals surface area contributed by atoms with Crippen LogP contribution in [0.2, 0.25) is 0 Å². The minimum Gasteiger partial charge on any atom is -0.378 e. The fourth-order valence-electron chi connectivity index (χ4n) is 3.36. The molecule has 1 N–H and O–H groups in total. The fourth-order valence-corrected chi connectivity index (χ4v) is 3.36. The van der Waals surface area contributed by atoms with Crippen molar-refractivity contribution < 1.29 is 5.11 Å². The Morgan fingerprint density at radius 2 is 1.83 bits per heavy atom. The molecule has 0 spiro atoms. The van der Waals surface area contributed by atoms with Gasteiger partial charge in [-0.2, -0.15) is 0 Å². The summed E-state index contributed by atoms with van der Waals surface area (Å²) in [5.41, 5.74) is 1.18. The lowest BCUT2D eigenvalue weighted by atomic mass is 9.84. The number of aromatic nitrogens is 2. The molecule has 1 aliphatic carbocycles. The minimum atomic E-state index is -0.312. The van der Waals surface area contributed by atoms with Gasteiger partial charge < -0.3 is 10.0 Å². The largest absolute Gasteiger partial charge is 0.378 e. The second kappa shape index (κ2) is 6.96. The standard InChI is InChI=1S/C19H32N4O/c1-5-17(24)23-11-9-22(10-12-23)16-13-15(19(2,3)4)20-18(21-16)14-7-6-8-14/h13-14,17,24H,5-12H2,1-4H3. The number of anilines is 1. The molecule has 5 heteroatoms. The van der Waals surface area contributed by atoms with Crippen molar-refractivity contribution in [2.75, 3.05) is 31.1 Å². The van der Waals surface area contributed by atoms with Gasteiger partial charge in [-0.15, -0.1) is 0 Å². The van der Waals surface area contributed by atoms with Gasteiger partial charge in [-0.3, -0.25) is 4.90 Å². The van der Waals surface area contributed by atoms with E-state index in [4.69, 9.17) is 9.97 Å². The third-order valence-electron chi connectivity index (χ3n) is 5.39. The van der Waals surface area contributed by atoms with Gasteiger partial charge in [-0.05, 0) is 19.3 Å². The zero-order valence-electron chi connectivity index (χ0n) is 15.6. The van der Waals surface area contributed by atoms with Crippen LogP contribution < -0.4 is 4.90 Å². The highest BCUT2D eigenvalue weighted by Crippen LogP contribution is 2.36. The second-order valence-electron chi connectivity index (χ2n) is 8.26. The molecule has 0 amide bonds. The van der Waals surface area contributed by atoms with E-state index in [2.05, 4.69) is 36.6 Å². The van der Waals surface area contributed by atoms with Crippen LogP contribution in [0, 0.1) is 0 Å². The molecule has 5 nitrogen and oxygen atoms in total. The molecule has 24 heavy (non-hydrogen) atoms. The van der Waals surface area contributed by atoms with Crippen molar-refractivity contribution in [3.63, 3.8) is 0 Å². The van der Waals surface area contributed by atoms with Crippen molar-refractivity contribution in [1.82, 2.24) is 14.9 Å². The lowest BCUT2D eigenvalue weighted by Crippen LogP contribution is -2.50. The van der Waals surface area contributed by atoms with Gasteiger partial charge >= 0.3 is 0 Å². The van der Waals surface area contributed by atoms with E-state index in [1.54, 1.807) is 0 Å². The van der Waals surface area contributed by atoms with Crippen LogP contribution in [0.4, 0.5) is 5.82 Å². The lowest BCUT2D eigenvalue weighted by molar-refractivity contribution is -0.00200. The van der Waals surface area contributed by atoms with Crippen LogP contribution >= 0.6 is 0 Å². The van der Waals surface area contributed by atoms with Crippen molar-refractivity contribution in [2.24, 2.45) is 0 Å². The van der Waals surface area contributed by atoms with Gasteiger partial charge in [0.05, 0.1) is 5.69 Å². The summed E-state index contributed by atoms with van der Waals surface area (Å²) >= 11 is 0. The molecular formula is C19H32N4O. The normalized spacial score (nSPS) is 21.6. The Hall–Kier alpha value is -1.20. The van der Waals surface area contributed by atoms with E-state index in [0.29, 0.717) is 5.92 Å².